The molecule has 3 atom stereocenters. The second-order valence-electron chi connectivity index (χ2n) is 6.34. The number of nitrogens with two attached hydrogens (primary N) is 1. The van der Waals surface area contributed by atoms with Gasteiger partial charge in [-0.15, -0.1) is 13.2 Å². The Kier molecular flexibility index (Phi) is 7.75. The van der Waals surface area contributed by atoms with Gasteiger partial charge in [0.25, 0.3) is 11.8 Å². The summed E-state index contributed by atoms with van der Waals surface area (Å²) in [4.78, 5) is 24.4. The standard InChI is InChI=1S/C19H20F3N3O5/c20-19(21,22)30-13-8-4-7-12(10-13)15(17(27)25-29)24-18(28)16(26)14(23)9-11-5-2-1-3-6-11/h1-8,10,14-16,26,29H,9,23H2,(H,24,28)(H,25,27)/t14-,15+,16+/m1/s1. The van der Waals surface area contributed by atoms with Gasteiger partial charge in [0.1, 0.15) is 17.9 Å². The van der Waals surface area contributed by atoms with Crippen molar-refractivity contribution in [3.63, 3.8) is 0 Å². The highest BCUT2D eigenvalue weighted by Crippen LogP contribution is 2.26. The molecule has 0 radical (unpaired) electrons. The molecule has 2 amide bonds. The average molecular weight is 427 g/mol. The lowest BCUT2D eigenvalue weighted by atomic mass is 10.0. The highest BCUT2D eigenvalue weighted by atomic mass is 19.4. The third kappa shape index (κ3) is 6.72. The summed E-state index contributed by atoms with van der Waals surface area (Å²) in [6, 6.07) is 10.4. The molecule has 0 fully saturated rings. The lowest BCUT2D eigenvalue weighted by Gasteiger charge is -2.23. The predicted molar refractivity (Wildman–Crippen MR) is 98.1 cm³/mol. The van der Waals surface area contributed by atoms with Crippen molar-refractivity contribution in [3.8, 4) is 5.75 Å². The van der Waals surface area contributed by atoms with Gasteiger partial charge in [0.05, 0.1) is 0 Å². The Bertz CT molecular complexity index is 864. The van der Waals surface area contributed by atoms with E-state index in [0.717, 1.165) is 23.8 Å². The van der Waals surface area contributed by atoms with Gasteiger partial charge in [-0.2, -0.15) is 0 Å². The minimum Gasteiger partial charge on any atom is -0.406 e. The maximum atomic E-state index is 12.4. The monoisotopic (exact) mass is 427 g/mol. The summed E-state index contributed by atoms with van der Waals surface area (Å²) < 4.78 is 41.1. The molecule has 0 heterocycles. The van der Waals surface area contributed by atoms with Crippen LogP contribution in [0.4, 0.5) is 13.2 Å². The molecule has 0 aromatic heterocycles. The zero-order chi connectivity index (χ0) is 22.3. The molecule has 2 rings (SSSR count). The molecule has 6 N–H and O–H groups in total. The second kappa shape index (κ2) is 10.1. The molecule has 8 nitrogen and oxygen atoms in total. The number of carbonyl (C=O) groups excluding carboxylic acids is 2. The van der Waals surface area contributed by atoms with E-state index < -0.39 is 42.1 Å². The number of carbonyl (C=O) groups is 2. The Hall–Kier alpha value is -3.15. The van der Waals surface area contributed by atoms with Crippen molar-refractivity contribution in [1.29, 1.82) is 0 Å². The number of nitrogens with one attached hydrogen (secondary N) is 2. The van der Waals surface area contributed by atoms with Crippen molar-refractivity contribution < 1.29 is 37.8 Å². The first-order valence-electron chi connectivity index (χ1n) is 8.68. The Labute approximate surface area is 169 Å². The molecular weight excluding hydrogens is 407 g/mol. The minimum absolute atomic E-state index is 0.125. The summed E-state index contributed by atoms with van der Waals surface area (Å²) in [5.74, 6) is -2.82. The molecule has 2 aromatic rings. The predicted octanol–water partition coefficient (Wildman–Crippen LogP) is 1.18. The lowest BCUT2D eigenvalue weighted by molar-refractivity contribution is -0.274. The van der Waals surface area contributed by atoms with Crippen LogP contribution in [0.25, 0.3) is 0 Å². The fraction of sp³-hybridized carbons (Fsp3) is 0.263. The third-order valence-electron chi connectivity index (χ3n) is 4.07. The quantitative estimate of drug-likeness (QED) is 0.317. The number of hydrogen-bond donors (Lipinski definition) is 5. The van der Waals surface area contributed by atoms with Crippen molar-refractivity contribution in [2.24, 2.45) is 5.73 Å². The molecule has 30 heavy (non-hydrogen) atoms. The molecule has 0 saturated carbocycles. The molecule has 0 spiro atoms. The van der Waals surface area contributed by atoms with Crippen LogP contribution in [0.1, 0.15) is 17.2 Å². The van der Waals surface area contributed by atoms with Crippen LogP contribution in [0.5, 0.6) is 5.75 Å². The van der Waals surface area contributed by atoms with E-state index in [4.69, 9.17) is 10.9 Å². The van der Waals surface area contributed by atoms with Crippen LogP contribution in [-0.2, 0) is 16.0 Å². The topological polar surface area (TPSA) is 134 Å². The molecule has 11 heteroatoms. The number of ether oxygens (including phenoxy) is 1. The summed E-state index contributed by atoms with van der Waals surface area (Å²) in [6.07, 6.45) is -6.54. The molecule has 2 aromatic carbocycles. The Morgan fingerprint density at radius 2 is 1.73 bits per heavy atom. The van der Waals surface area contributed by atoms with Crippen molar-refractivity contribution in [3.05, 3.63) is 65.7 Å². The van der Waals surface area contributed by atoms with Crippen LogP contribution in [0.3, 0.4) is 0 Å². The Morgan fingerprint density at radius 3 is 2.33 bits per heavy atom. The van der Waals surface area contributed by atoms with Crippen molar-refractivity contribution in [1.82, 2.24) is 10.8 Å². The van der Waals surface area contributed by atoms with Crippen LogP contribution < -0.4 is 21.3 Å². The van der Waals surface area contributed by atoms with E-state index in [1.165, 1.54) is 11.5 Å². The van der Waals surface area contributed by atoms with Crippen LogP contribution in [0, 0.1) is 0 Å². The summed E-state index contributed by atoms with van der Waals surface area (Å²) >= 11 is 0. The summed E-state index contributed by atoms with van der Waals surface area (Å²) in [5.41, 5.74) is 7.81. The number of rotatable bonds is 8. The Balaban J connectivity index is 2.15. The first kappa shape index (κ1) is 23.1. The number of alkyl halides is 3. The lowest BCUT2D eigenvalue weighted by Crippen LogP contribution is -2.50. The van der Waals surface area contributed by atoms with Gasteiger partial charge < -0.3 is 20.9 Å². The summed E-state index contributed by atoms with van der Waals surface area (Å²) in [6.45, 7) is 0. The van der Waals surface area contributed by atoms with Gasteiger partial charge in [-0.25, -0.2) is 5.48 Å². The number of hydroxylamine groups is 1. The average Bonchev–Trinajstić information content (AvgIpc) is 2.70. The van der Waals surface area contributed by atoms with Gasteiger partial charge >= 0.3 is 6.36 Å². The SMILES string of the molecule is N[C@H](Cc1ccccc1)[C@H](O)C(=O)N[C@H](C(=O)NO)c1cccc(OC(F)(F)F)c1. The Morgan fingerprint density at radius 1 is 1.07 bits per heavy atom. The van der Waals surface area contributed by atoms with Crippen LogP contribution in [0.2, 0.25) is 0 Å². The number of aliphatic hydroxyl groups is 1. The maximum Gasteiger partial charge on any atom is 0.573 e. The van der Waals surface area contributed by atoms with Gasteiger partial charge in [0.2, 0.25) is 0 Å². The van der Waals surface area contributed by atoms with Gasteiger partial charge in [0, 0.05) is 6.04 Å². The number of aliphatic hydroxyl groups excluding tert-OH is 1. The van der Waals surface area contributed by atoms with Crippen LogP contribution >= 0.6 is 0 Å². The molecule has 0 aliphatic rings. The highest BCUT2D eigenvalue weighted by molar-refractivity contribution is 5.90. The molecule has 0 saturated heterocycles. The van der Waals surface area contributed by atoms with Gasteiger partial charge in [0.15, 0.2) is 0 Å². The zero-order valence-electron chi connectivity index (χ0n) is 15.5. The van der Waals surface area contributed by atoms with Gasteiger partial charge in [-0.1, -0.05) is 42.5 Å². The molecular formula is C19H20F3N3O5. The third-order valence-corrected chi connectivity index (χ3v) is 4.07. The first-order chi connectivity index (χ1) is 14.1. The van der Waals surface area contributed by atoms with Crippen LogP contribution in [0.15, 0.2) is 54.6 Å². The van der Waals surface area contributed by atoms with E-state index in [-0.39, 0.29) is 12.0 Å². The maximum absolute atomic E-state index is 12.4. The fourth-order valence-corrected chi connectivity index (χ4v) is 2.68. The fourth-order valence-electron chi connectivity index (χ4n) is 2.68. The van der Waals surface area contributed by atoms with E-state index in [2.05, 4.69) is 10.1 Å². The second-order valence-corrected chi connectivity index (χ2v) is 6.34. The first-order valence-corrected chi connectivity index (χ1v) is 8.68. The highest BCUT2D eigenvalue weighted by Gasteiger charge is 2.32. The summed E-state index contributed by atoms with van der Waals surface area (Å²) in [7, 11) is 0. The van der Waals surface area contributed by atoms with Crippen molar-refractivity contribution in [2.45, 2.75) is 31.0 Å². The van der Waals surface area contributed by atoms with E-state index in [9.17, 15) is 27.9 Å². The van der Waals surface area contributed by atoms with E-state index in [1.807, 2.05) is 0 Å². The van der Waals surface area contributed by atoms with E-state index in [0.29, 0.717) is 0 Å². The molecule has 162 valence electrons. The smallest absolute Gasteiger partial charge is 0.406 e. The van der Waals surface area contributed by atoms with Gasteiger partial charge in [-0.05, 0) is 29.7 Å². The molecule has 0 unspecified atom stereocenters. The number of amides is 2. The van der Waals surface area contributed by atoms with Crippen LogP contribution in [-0.4, -0.2) is 40.6 Å². The van der Waals surface area contributed by atoms with Crippen molar-refractivity contribution >= 4 is 11.8 Å². The largest absolute Gasteiger partial charge is 0.573 e. The normalized spacial score (nSPS) is 14.3. The molecule has 0 aliphatic carbocycles. The molecule has 0 bridgehead atoms. The number of benzene rings is 2. The zero-order valence-corrected chi connectivity index (χ0v) is 15.5. The minimum atomic E-state index is -4.96. The van der Waals surface area contributed by atoms with Crippen molar-refractivity contribution in [2.75, 3.05) is 0 Å². The van der Waals surface area contributed by atoms with Gasteiger partial charge in [-0.3, -0.25) is 14.8 Å². The number of halogens is 3. The summed E-state index contributed by atoms with van der Waals surface area (Å²) in [5, 5.41) is 21.3. The van der Waals surface area contributed by atoms with E-state index in [1.54, 1.807) is 30.3 Å². The molecule has 0 aliphatic heterocycles. The van der Waals surface area contributed by atoms with E-state index >= 15 is 0 Å². The number of hydrogen-bond acceptors (Lipinski definition) is 6.